The molecule has 3 aromatic carbocycles. The van der Waals surface area contributed by atoms with Crippen molar-refractivity contribution in [2.45, 2.75) is 31.8 Å². The molecule has 0 radical (unpaired) electrons. The highest BCUT2D eigenvalue weighted by Gasteiger charge is 2.46. The van der Waals surface area contributed by atoms with Crippen LogP contribution in [0.5, 0.6) is 11.5 Å². The van der Waals surface area contributed by atoms with Gasteiger partial charge in [0, 0.05) is 20.4 Å². The van der Waals surface area contributed by atoms with Crippen molar-refractivity contribution in [3.63, 3.8) is 0 Å². The fourth-order valence-electron chi connectivity index (χ4n) is 5.55. The number of para-hydroxylation sites is 2. The summed E-state index contributed by atoms with van der Waals surface area (Å²) in [4.78, 5) is 13.4. The van der Waals surface area contributed by atoms with Gasteiger partial charge in [0.25, 0.3) is 0 Å². The average Bonchev–Trinajstić information content (AvgIpc) is 3.30. The molecule has 2 aliphatic heterocycles. The summed E-state index contributed by atoms with van der Waals surface area (Å²) in [6.45, 7) is 4.64. The standard InChI is InChI=1S/C27H21Br2NO3/c1-13-17(28)11-18(29)26-24(13)25(27(31)30-26)23-14(2)22(15-7-3-4-8-16(15)23)21-12-32-19-9-5-6-10-20(19)33-21/h3-11,21,23,25H,12H2,1-2H3,(H,30,31). The maximum absolute atomic E-state index is 13.4. The Labute approximate surface area is 209 Å². The van der Waals surface area contributed by atoms with Gasteiger partial charge in [-0.1, -0.05) is 57.9 Å². The number of nitrogens with one attached hydrogen (secondary N) is 1. The highest BCUT2D eigenvalue weighted by molar-refractivity contribution is 9.11. The van der Waals surface area contributed by atoms with E-state index in [1.54, 1.807) is 0 Å². The highest BCUT2D eigenvalue weighted by Crippen LogP contribution is 2.56. The van der Waals surface area contributed by atoms with Crippen molar-refractivity contribution < 1.29 is 14.3 Å². The van der Waals surface area contributed by atoms with Gasteiger partial charge in [-0.25, -0.2) is 0 Å². The number of carbonyl (C=O) groups excluding carboxylic acids is 1. The van der Waals surface area contributed by atoms with Crippen molar-refractivity contribution in [2.75, 3.05) is 11.9 Å². The Balaban J connectivity index is 1.50. The molecule has 1 N–H and O–H groups in total. The van der Waals surface area contributed by atoms with Crippen LogP contribution in [0.2, 0.25) is 0 Å². The number of hydrogen-bond donors (Lipinski definition) is 1. The molecule has 1 amide bonds. The zero-order valence-electron chi connectivity index (χ0n) is 18.1. The van der Waals surface area contributed by atoms with E-state index in [-0.39, 0.29) is 23.8 Å². The molecule has 1 aliphatic carbocycles. The van der Waals surface area contributed by atoms with Crippen molar-refractivity contribution in [1.29, 1.82) is 0 Å². The fourth-order valence-corrected chi connectivity index (χ4v) is 6.84. The molecule has 0 fully saturated rings. The lowest BCUT2D eigenvalue weighted by molar-refractivity contribution is -0.117. The predicted molar refractivity (Wildman–Crippen MR) is 136 cm³/mol. The van der Waals surface area contributed by atoms with Gasteiger partial charge in [-0.05, 0) is 70.2 Å². The second-order valence-electron chi connectivity index (χ2n) is 8.75. The monoisotopic (exact) mass is 565 g/mol. The van der Waals surface area contributed by atoms with E-state index in [0.717, 1.165) is 59.5 Å². The van der Waals surface area contributed by atoms with Crippen LogP contribution in [0.4, 0.5) is 5.69 Å². The van der Waals surface area contributed by atoms with Crippen molar-refractivity contribution in [3.05, 3.63) is 91.4 Å². The smallest absolute Gasteiger partial charge is 0.233 e. The second-order valence-corrected chi connectivity index (χ2v) is 10.5. The molecule has 6 heteroatoms. The normalized spacial score (nSPS) is 22.8. The van der Waals surface area contributed by atoms with E-state index >= 15 is 0 Å². The van der Waals surface area contributed by atoms with Crippen LogP contribution in [-0.2, 0) is 4.79 Å². The molecular weight excluding hydrogens is 546 g/mol. The molecule has 0 saturated heterocycles. The van der Waals surface area contributed by atoms with E-state index in [1.165, 1.54) is 0 Å². The van der Waals surface area contributed by atoms with Crippen LogP contribution in [0.1, 0.15) is 41.0 Å². The zero-order valence-corrected chi connectivity index (χ0v) is 21.3. The number of fused-ring (bicyclic) bond motifs is 3. The molecule has 33 heavy (non-hydrogen) atoms. The summed E-state index contributed by atoms with van der Waals surface area (Å²) >= 11 is 7.31. The summed E-state index contributed by atoms with van der Waals surface area (Å²) in [7, 11) is 0. The summed E-state index contributed by atoms with van der Waals surface area (Å²) in [5.74, 6) is 1.16. The highest BCUT2D eigenvalue weighted by atomic mass is 79.9. The number of ether oxygens (including phenoxy) is 2. The van der Waals surface area contributed by atoms with Crippen molar-refractivity contribution >= 4 is 49.0 Å². The maximum atomic E-state index is 13.4. The average molecular weight is 567 g/mol. The quantitative estimate of drug-likeness (QED) is 0.364. The van der Waals surface area contributed by atoms with Crippen LogP contribution in [-0.4, -0.2) is 18.6 Å². The van der Waals surface area contributed by atoms with Gasteiger partial charge in [0.15, 0.2) is 17.6 Å². The largest absolute Gasteiger partial charge is 0.485 e. The summed E-state index contributed by atoms with van der Waals surface area (Å²) in [6.07, 6.45) is -0.231. The number of amides is 1. The molecule has 0 spiro atoms. The third kappa shape index (κ3) is 3.11. The molecule has 0 saturated carbocycles. The van der Waals surface area contributed by atoms with Crippen LogP contribution >= 0.6 is 31.9 Å². The third-order valence-electron chi connectivity index (χ3n) is 7.01. The minimum Gasteiger partial charge on any atom is -0.485 e. The Morgan fingerprint density at radius 1 is 0.939 bits per heavy atom. The van der Waals surface area contributed by atoms with Crippen LogP contribution < -0.4 is 14.8 Å². The number of carbonyl (C=O) groups is 1. The van der Waals surface area contributed by atoms with Crippen LogP contribution in [0.3, 0.4) is 0 Å². The number of halogens is 2. The van der Waals surface area contributed by atoms with E-state index in [9.17, 15) is 4.79 Å². The van der Waals surface area contributed by atoms with E-state index < -0.39 is 0 Å². The molecule has 0 bridgehead atoms. The van der Waals surface area contributed by atoms with Gasteiger partial charge < -0.3 is 14.8 Å². The molecular formula is C27H21Br2NO3. The molecule has 0 aromatic heterocycles. The summed E-state index contributed by atoms with van der Waals surface area (Å²) in [5.41, 5.74) is 7.59. The first-order valence-electron chi connectivity index (χ1n) is 10.9. The molecule has 3 unspecified atom stereocenters. The van der Waals surface area contributed by atoms with Crippen LogP contribution in [0.15, 0.2) is 69.1 Å². The number of benzene rings is 3. The van der Waals surface area contributed by atoms with Gasteiger partial charge >= 0.3 is 0 Å². The molecule has 6 rings (SSSR count). The van der Waals surface area contributed by atoms with Gasteiger partial charge in [-0.3, -0.25) is 4.79 Å². The minimum absolute atomic E-state index is 0.0264. The van der Waals surface area contributed by atoms with Gasteiger partial charge in [0.05, 0.1) is 11.6 Å². The number of hydrogen-bond acceptors (Lipinski definition) is 3. The number of anilines is 1. The van der Waals surface area contributed by atoms with Crippen molar-refractivity contribution in [3.8, 4) is 11.5 Å². The lowest BCUT2D eigenvalue weighted by Gasteiger charge is -2.28. The van der Waals surface area contributed by atoms with Crippen LogP contribution in [0.25, 0.3) is 5.57 Å². The zero-order chi connectivity index (χ0) is 22.9. The molecule has 3 atom stereocenters. The van der Waals surface area contributed by atoms with Crippen molar-refractivity contribution in [1.82, 2.24) is 0 Å². The van der Waals surface area contributed by atoms with Gasteiger partial charge in [0.2, 0.25) is 5.91 Å². The lowest BCUT2D eigenvalue weighted by atomic mass is 9.79. The topological polar surface area (TPSA) is 47.6 Å². The van der Waals surface area contributed by atoms with E-state index in [4.69, 9.17) is 9.47 Å². The predicted octanol–water partition coefficient (Wildman–Crippen LogP) is 6.97. The van der Waals surface area contributed by atoms with Crippen molar-refractivity contribution in [2.24, 2.45) is 0 Å². The Bertz CT molecular complexity index is 1360. The van der Waals surface area contributed by atoms with Gasteiger partial charge in [-0.2, -0.15) is 0 Å². The number of rotatable bonds is 2. The Kier molecular flexibility index (Phi) is 4.93. The Hall–Kier alpha value is -2.57. The van der Waals surface area contributed by atoms with E-state index in [1.807, 2.05) is 42.5 Å². The molecule has 2 heterocycles. The molecule has 3 aromatic rings. The summed E-state index contributed by atoms with van der Waals surface area (Å²) in [6, 6.07) is 18.1. The SMILES string of the molecule is CC1=C(C2COc3ccccc3O2)c2ccccc2C1C1C(=O)Nc2c(Br)cc(Br)c(C)c21. The first kappa shape index (κ1) is 21.0. The first-order valence-corrected chi connectivity index (χ1v) is 12.5. The van der Waals surface area contributed by atoms with Gasteiger partial charge in [0.1, 0.15) is 6.61 Å². The van der Waals surface area contributed by atoms with E-state index in [2.05, 4.69) is 63.2 Å². The third-order valence-corrected chi connectivity index (χ3v) is 8.46. The molecule has 4 nitrogen and oxygen atoms in total. The molecule has 166 valence electrons. The minimum atomic E-state index is -0.316. The van der Waals surface area contributed by atoms with Gasteiger partial charge in [-0.15, -0.1) is 0 Å². The first-order chi connectivity index (χ1) is 16.0. The maximum Gasteiger partial charge on any atom is 0.233 e. The fraction of sp³-hybridized carbons (Fsp3) is 0.222. The Morgan fingerprint density at radius 3 is 2.48 bits per heavy atom. The Morgan fingerprint density at radius 2 is 1.67 bits per heavy atom. The summed E-state index contributed by atoms with van der Waals surface area (Å²) < 4.78 is 14.3. The lowest BCUT2D eigenvalue weighted by Crippen LogP contribution is -2.30. The second kappa shape index (κ2) is 7.74. The number of allylic oxidation sites excluding steroid dienone is 1. The molecule has 3 aliphatic rings. The van der Waals surface area contributed by atoms with E-state index in [0.29, 0.717) is 6.61 Å². The van der Waals surface area contributed by atoms with Crippen LogP contribution in [0, 0.1) is 6.92 Å². The summed E-state index contributed by atoms with van der Waals surface area (Å²) in [5, 5.41) is 3.13.